The highest BCUT2D eigenvalue weighted by Crippen LogP contribution is 2.48. The van der Waals surface area contributed by atoms with E-state index in [4.69, 9.17) is 0 Å². The number of fused-ring (bicyclic) bond motifs is 1. The Bertz CT molecular complexity index is 822. The molecule has 0 fully saturated rings. The second-order valence-corrected chi connectivity index (χ2v) is 6.17. The summed E-state index contributed by atoms with van der Waals surface area (Å²) in [6.07, 6.45) is -6.01. The molecule has 3 rings (SSSR count). The van der Waals surface area contributed by atoms with Gasteiger partial charge >= 0.3 is 6.18 Å². The third kappa shape index (κ3) is 3.41. The molecule has 3 nitrogen and oxygen atoms in total. The molecule has 0 aliphatic carbocycles. The maximum atomic E-state index is 13.3. The highest BCUT2D eigenvalue weighted by Gasteiger charge is 2.37. The predicted molar refractivity (Wildman–Crippen MR) is 86.1 cm³/mol. The quantitative estimate of drug-likeness (QED) is 0.591. The summed E-state index contributed by atoms with van der Waals surface area (Å²) in [6, 6.07) is 7.59. The van der Waals surface area contributed by atoms with Crippen molar-refractivity contribution in [1.29, 1.82) is 0 Å². The molecule has 132 valence electrons. The first-order valence-electron chi connectivity index (χ1n) is 7.08. The summed E-state index contributed by atoms with van der Waals surface area (Å²) in [6.45, 7) is -0.736. The summed E-state index contributed by atoms with van der Waals surface area (Å²) in [5.74, 6) is -0.339. The minimum Gasteiger partial charge on any atom is -0.506 e. The van der Waals surface area contributed by atoms with Crippen LogP contribution in [-0.2, 0) is 6.18 Å². The number of rotatable bonds is 3. The molecule has 1 aromatic heterocycles. The SMILES string of the molecule is OC1=C(c2ccccc2C(F)(F)F)SN(CC(F)F)c2ncccc21. The lowest BCUT2D eigenvalue weighted by Gasteiger charge is -2.30. The average molecular weight is 374 g/mol. The van der Waals surface area contributed by atoms with E-state index in [1.54, 1.807) is 0 Å². The maximum absolute atomic E-state index is 13.3. The highest BCUT2D eigenvalue weighted by atomic mass is 32.2. The van der Waals surface area contributed by atoms with E-state index in [9.17, 15) is 27.1 Å². The number of nitrogens with zero attached hydrogens (tertiary/aromatic N) is 2. The predicted octanol–water partition coefficient (Wildman–Crippen LogP) is 5.22. The van der Waals surface area contributed by atoms with Crippen LogP contribution in [0.2, 0.25) is 0 Å². The summed E-state index contributed by atoms with van der Waals surface area (Å²) in [5, 5.41) is 10.5. The van der Waals surface area contributed by atoms with Crippen LogP contribution in [0.3, 0.4) is 0 Å². The Labute approximate surface area is 143 Å². The lowest BCUT2D eigenvalue weighted by Crippen LogP contribution is -2.26. The third-order valence-electron chi connectivity index (χ3n) is 3.48. The molecule has 0 unspecified atom stereocenters. The molecule has 2 aromatic rings. The van der Waals surface area contributed by atoms with E-state index in [2.05, 4.69) is 4.98 Å². The molecule has 0 spiro atoms. The van der Waals surface area contributed by atoms with Gasteiger partial charge in [0.05, 0.1) is 22.6 Å². The molecule has 1 aliphatic heterocycles. The number of anilines is 1. The van der Waals surface area contributed by atoms with Crippen LogP contribution in [0.1, 0.15) is 16.7 Å². The molecule has 0 atom stereocenters. The van der Waals surface area contributed by atoms with E-state index >= 15 is 0 Å². The molecule has 0 bridgehead atoms. The number of aliphatic hydroxyl groups excluding tert-OH is 1. The molecule has 25 heavy (non-hydrogen) atoms. The molecule has 0 radical (unpaired) electrons. The van der Waals surface area contributed by atoms with Crippen molar-refractivity contribution in [3.05, 3.63) is 59.3 Å². The van der Waals surface area contributed by atoms with Crippen LogP contribution in [0.15, 0.2) is 42.6 Å². The number of aromatic nitrogens is 1. The lowest BCUT2D eigenvalue weighted by atomic mass is 10.0. The van der Waals surface area contributed by atoms with Crippen LogP contribution in [0.5, 0.6) is 0 Å². The number of halogens is 5. The van der Waals surface area contributed by atoms with Gasteiger partial charge in [0.1, 0.15) is 11.6 Å². The van der Waals surface area contributed by atoms with E-state index in [0.29, 0.717) is 11.9 Å². The summed E-state index contributed by atoms with van der Waals surface area (Å²) >= 11 is 0.614. The van der Waals surface area contributed by atoms with Crippen LogP contribution in [-0.4, -0.2) is 23.1 Å². The van der Waals surface area contributed by atoms with Crippen molar-refractivity contribution in [2.75, 3.05) is 10.8 Å². The zero-order valence-corrected chi connectivity index (χ0v) is 13.3. The molecule has 0 saturated heterocycles. The van der Waals surface area contributed by atoms with Crippen LogP contribution >= 0.6 is 11.9 Å². The summed E-state index contributed by atoms with van der Waals surface area (Å²) in [7, 11) is 0. The van der Waals surface area contributed by atoms with Crippen molar-refractivity contribution >= 4 is 28.4 Å². The molecule has 9 heteroatoms. The first kappa shape index (κ1) is 17.5. The number of hydrogen-bond acceptors (Lipinski definition) is 4. The van der Waals surface area contributed by atoms with E-state index in [-0.39, 0.29) is 21.8 Å². The second kappa shape index (κ2) is 6.55. The van der Waals surface area contributed by atoms with Gasteiger partial charge in [0.15, 0.2) is 0 Å². The normalized spacial score (nSPS) is 14.9. The Kier molecular flexibility index (Phi) is 4.59. The van der Waals surface area contributed by atoms with Gasteiger partial charge in [-0.05, 0) is 30.1 Å². The van der Waals surface area contributed by atoms with Crippen LogP contribution in [0.25, 0.3) is 10.7 Å². The van der Waals surface area contributed by atoms with Crippen LogP contribution in [0, 0.1) is 0 Å². The third-order valence-corrected chi connectivity index (χ3v) is 4.61. The molecule has 1 aliphatic rings. The van der Waals surface area contributed by atoms with Crippen molar-refractivity contribution in [2.24, 2.45) is 0 Å². The van der Waals surface area contributed by atoms with Gasteiger partial charge in [0.2, 0.25) is 0 Å². The smallest absolute Gasteiger partial charge is 0.417 e. The fourth-order valence-corrected chi connectivity index (χ4v) is 3.57. The molecular weight excluding hydrogens is 363 g/mol. The van der Waals surface area contributed by atoms with Crippen molar-refractivity contribution in [3.63, 3.8) is 0 Å². The van der Waals surface area contributed by atoms with Gasteiger partial charge in [-0.25, -0.2) is 13.8 Å². The summed E-state index contributed by atoms with van der Waals surface area (Å²) in [4.78, 5) is 3.81. The van der Waals surface area contributed by atoms with E-state index in [1.807, 2.05) is 0 Å². The number of pyridine rings is 1. The summed E-state index contributed by atoms with van der Waals surface area (Å²) < 4.78 is 66.6. The van der Waals surface area contributed by atoms with E-state index in [0.717, 1.165) is 10.4 Å². The number of alkyl halides is 5. The fraction of sp³-hybridized carbons (Fsp3) is 0.188. The van der Waals surface area contributed by atoms with Gasteiger partial charge in [-0.1, -0.05) is 18.2 Å². The summed E-state index contributed by atoms with van der Waals surface area (Å²) in [5.41, 5.74) is -1.12. The monoisotopic (exact) mass is 374 g/mol. The van der Waals surface area contributed by atoms with Crippen molar-refractivity contribution < 1.29 is 27.1 Å². The first-order valence-corrected chi connectivity index (χ1v) is 7.85. The molecular formula is C16H11F5N2OS. The molecule has 0 amide bonds. The zero-order chi connectivity index (χ0) is 18.2. The Hall–Kier alpha value is -2.29. The molecule has 0 saturated carbocycles. The Morgan fingerprint density at radius 2 is 1.76 bits per heavy atom. The standard InChI is InChI=1S/C16H11F5N2OS/c17-12(18)8-23-15-10(5-3-7-22-15)13(24)14(25-23)9-4-1-2-6-11(9)16(19,20)21/h1-7,12,24H,8H2. The van der Waals surface area contributed by atoms with Crippen molar-refractivity contribution in [3.8, 4) is 0 Å². The topological polar surface area (TPSA) is 36.4 Å². The van der Waals surface area contributed by atoms with Crippen molar-refractivity contribution in [2.45, 2.75) is 12.6 Å². The minimum atomic E-state index is -4.65. The fourth-order valence-electron chi connectivity index (χ4n) is 2.45. The zero-order valence-electron chi connectivity index (χ0n) is 12.5. The number of hydrogen-bond donors (Lipinski definition) is 1. The van der Waals surface area contributed by atoms with E-state index in [1.165, 1.54) is 36.5 Å². The lowest BCUT2D eigenvalue weighted by molar-refractivity contribution is -0.137. The second-order valence-electron chi connectivity index (χ2n) is 5.14. The minimum absolute atomic E-state index is 0.0820. The Balaban J connectivity index is 2.17. The number of aliphatic hydroxyl groups is 1. The largest absolute Gasteiger partial charge is 0.506 e. The molecule has 2 heterocycles. The van der Waals surface area contributed by atoms with Gasteiger partial charge in [0.25, 0.3) is 6.43 Å². The van der Waals surface area contributed by atoms with Gasteiger partial charge in [-0.2, -0.15) is 13.2 Å². The van der Waals surface area contributed by atoms with E-state index < -0.39 is 30.5 Å². The average Bonchev–Trinajstić information content (AvgIpc) is 2.56. The Morgan fingerprint density at radius 3 is 2.44 bits per heavy atom. The maximum Gasteiger partial charge on any atom is 0.417 e. The van der Waals surface area contributed by atoms with Crippen LogP contribution in [0.4, 0.5) is 27.8 Å². The molecule has 1 aromatic carbocycles. The number of benzene rings is 1. The first-order chi connectivity index (χ1) is 11.8. The highest BCUT2D eigenvalue weighted by molar-refractivity contribution is 8.09. The molecule has 1 N–H and O–H groups in total. The Morgan fingerprint density at radius 1 is 1.08 bits per heavy atom. The van der Waals surface area contributed by atoms with Gasteiger partial charge in [-0.15, -0.1) is 0 Å². The van der Waals surface area contributed by atoms with Gasteiger partial charge in [0, 0.05) is 11.8 Å². The van der Waals surface area contributed by atoms with Crippen molar-refractivity contribution in [1.82, 2.24) is 4.98 Å². The van der Waals surface area contributed by atoms with Gasteiger partial charge < -0.3 is 5.11 Å². The van der Waals surface area contributed by atoms with Gasteiger partial charge in [-0.3, -0.25) is 4.31 Å². The van der Waals surface area contributed by atoms with Crippen LogP contribution < -0.4 is 4.31 Å².